The van der Waals surface area contributed by atoms with Crippen molar-refractivity contribution in [3.63, 3.8) is 0 Å². The maximum atomic E-state index is 12.9. The van der Waals surface area contributed by atoms with Crippen LogP contribution in [0.15, 0.2) is 72.8 Å². The van der Waals surface area contributed by atoms with Gasteiger partial charge in [0.15, 0.2) is 0 Å². The molecule has 0 aliphatic carbocycles. The first-order valence-corrected chi connectivity index (χ1v) is 12.5. The second kappa shape index (κ2) is 14.2. The highest BCUT2D eigenvalue weighted by molar-refractivity contribution is 5.86. The van der Waals surface area contributed by atoms with Crippen LogP contribution in [0.3, 0.4) is 0 Å². The molecule has 2 aromatic carbocycles. The Morgan fingerprint density at radius 2 is 1.61 bits per heavy atom. The standard InChI is InChI=1S/C29H36N2O5/c1-21-20-36-29(35)25(16-22-10-4-2-5-11-22)15-9-8-14-24(28(34)30-21)18-27(33)31-26(19-32)17-23-12-6-3-7-13-23/h2-13,21,24-26,32H,14-20H2,1H3,(H,30,34)(H,31,33)/t21-,24+,25-,26-/m0/s1. The number of ether oxygens (including phenoxy) is 1. The van der Waals surface area contributed by atoms with Gasteiger partial charge in [-0.3, -0.25) is 14.4 Å². The maximum absolute atomic E-state index is 12.9. The van der Waals surface area contributed by atoms with Crippen LogP contribution >= 0.6 is 0 Å². The molecule has 0 aromatic heterocycles. The number of cyclic esters (lactones) is 1. The zero-order valence-corrected chi connectivity index (χ0v) is 20.8. The lowest BCUT2D eigenvalue weighted by molar-refractivity contribution is -0.149. The number of aliphatic hydroxyl groups is 1. The van der Waals surface area contributed by atoms with E-state index in [0.29, 0.717) is 25.7 Å². The van der Waals surface area contributed by atoms with Crippen molar-refractivity contribution in [1.82, 2.24) is 10.6 Å². The second-order valence-corrected chi connectivity index (χ2v) is 9.41. The first-order valence-electron chi connectivity index (χ1n) is 12.5. The van der Waals surface area contributed by atoms with Crippen LogP contribution in [0, 0.1) is 11.8 Å². The van der Waals surface area contributed by atoms with Gasteiger partial charge in [0.1, 0.15) is 6.61 Å². The van der Waals surface area contributed by atoms with Crippen LogP contribution in [-0.2, 0) is 32.0 Å². The Morgan fingerprint density at radius 3 is 2.25 bits per heavy atom. The molecule has 7 nitrogen and oxygen atoms in total. The number of esters is 1. The lowest BCUT2D eigenvalue weighted by Crippen LogP contribution is -2.44. The predicted molar refractivity (Wildman–Crippen MR) is 138 cm³/mol. The summed E-state index contributed by atoms with van der Waals surface area (Å²) in [6, 6.07) is 18.6. The zero-order chi connectivity index (χ0) is 25.8. The molecule has 36 heavy (non-hydrogen) atoms. The van der Waals surface area contributed by atoms with Gasteiger partial charge in [0.2, 0.25) is 11.8 Å². The Bertz CT molecular complexity index is 1010. The quantitative estimate of drug-likeness (QED) is 0.388. The lowest BCUT2D eigenvalue weighted by atomic mass is 9.94. The van der Waals surface area contributed by atoms with Crippen LogP contribution in [0.25, 0.3) is 0 Å². The molecule has 0 unspecified atom stereocenters. The fourth-order valence-corrected chi connectivity index (χ4v) is 4.26. The highest BCUT2D eigenvalue weighted by atomic mass is 16.5. The Morgan fingerprint density at radius 1 is 1.00 bits per heavy atom. The van der Waals surface area contributed by atoms with Crippen molar-refractivity contribution in [2.75, 3.05) is 13.2 Å². The van der Waals surface area contributed by atoms with Gasteiger partial charge in [-0.05, 0) is 43.7 Å². The first kappa shape index (κ1) is 27.1. The van der Waals surface area contributed by atoms with Crippen molar-refractivity contribution < 1.29 is 24.2 Å². The van der Waals surface area contributed by atoms with Crippen molar-refractivity contribution in [3.05, 3.63) is 83.9 Å². The molecular weight excluding hydrogens is 456 g/mol. The van der Waals surface area contributed by atoms with Crippen LogP contribution in [0.1, 0.15) is 37.3 Å². The molecule has 1 aliphatic rings. The van der Waals surface area contributed by atoms with E-state index in [0.717, 1.165) is 11.1 Å². The molecule has 0 fully saturated rings. The Labute approximate surface area is 212 Å². The molecule has 3 rings (SSSR count). The van der Waals surface area contributed by atoms with Gasteiger partial charge < -0.3 is 20.5 Å². The van der Waals surface area contributed by atoms with E-state index in [1.165, 1.54) is 0 Å². The van der Waals surface area contributed by atoms with Gasteiger partial charge in [-0.1, -0.05) is 72.8 Å². The van der Waals surface area contributed by atoms with Crippen molar-refractivity contribution >= 4 is 17.8 Å². The van der Waals surface area contributed by atoms with Gasteiger partial charge in [-0.2, -0.15) is 0 Å². The minimum Gasteiger partial charge on any atom is -0.463 e. The van der Waals surface area contributed by atoms with E-state index in [2.05, 4.69) is 10.6 Å². The normalized spacial score (nSPS) is 21.9. The number of hydrogen-bond donors (Lipinski definition) is 3. The summed E-state index contributed by atoms with van der Waals surface area (Å²) in [7, 11) is 0. The molecule has 0 spiro atoms. The highest BCUT2D eigenvalue weighted by Gasteiger charge is 2.26. The van der Waals surface area contributed by atoms with Crippen molar-refractivity contribution in [2.45, 2.75) is 51.1 Å². The lowest BCUT2D eigenvalue weighted by Gasteiger charge is -2.23. The van der Waals surface area contributed by atoms with Crippen LogP contribution in [0.2, 0.25) is 0 Å². The summed E-state index contributed by atoms with van der Waals surface area (Å²) in [6.45, 7) is 1.66. The van der Waals surface area contributed by atoms with Crippen molar-refractivity contribution in [1.29, 1.82) is 0 Å². The van der Waals surface area contributed by atoms with E-state index < -0.39 is 12.0 Å². The number of benzene rings is 2. The molecule has 1 heterocycles. The number of nitrogens with one attached hydrogen (secondary N) is 2. The third-order valence-corrected chi connectivity index (χ3v) is 6.24. The number of carbonyl (C=O) groups excluding carboxylic acids is 3. The number of hydrogen-bond acceptors (Lipinski definition) is 5. The fourth-order valence-electron chi connectivity index (χ4n) is 4.26. The fraction of sp³-hybridized carbons (Fsp3) is 0.414. The van der Waals surface area contributed by atoms with E-state index in [1.54, 1.807) is 6.92 Å². The van der Waals surface area contributed by atoms with E-state index in [9.17, 15) is 19.5 Å². The molecule has 0 bridgehead atoms. The molecule has 4 atom stereocenters. The Balaban J connectivity index is 1.63. The van der Waals surface area contributed by atoms with Gasteiger partial charge >= 0.3 is 5.97 Å². The predicted octanol–water partition coefficient (Wildman–Crippen LogP) is 2.97. The minimum atomic E-state index is -0.567. The number of amides is 2. The van der Waals surface area contributed by atoms with Gasteiger partial charge in [0.05, 0.1) is 30.5 Å². The summed E-state index contributed by atoms with van der Waals surface area (Å²) in [4.78, 5) is 38.4. The summed E-state index contributed by atoms with van der Waals surface area (Å²) in [5, 5.41) is 15.5. The summed E-state index contributed by atoms with van der Waals surface area (Å²) in [5.41, 5.74) is 2.07. The van der Waals surface area contributed by atoms with Gasteiger partial charge in [0, 0.05) is 6.42 Å². The Kier molecular flexibility index (Phi) is 10.7. The monoisotopic (exact) mass is 492 g/mol. The summed E-state index contributed by atoms with van der Waals surface area (Å²) in [6.07, 6.45) is 5.70. The molecule has 7 heteroatoms. The van der Waals surface area contributed by atoms with Crippen molar-refractivity contribution in [2.24, 2.45) is 11.8 Å². The largest absolute Gasteiger partial charge is 0.463 e. The molecule has 1 aliphatic heterocycles. The molecule has 0 radical (unpaired) electrons. The summed E-state index contributed by atoms with van der Waals surface area (Å²) >= 11 is 0. The van der Waals surface area contributed by atoms with Crippen molar-refractivity contribution in [3.8, 4) is 0 Å². The molecule has 0 saturated carbocycles. The molecule has 2 amide bonds. The smallest absolute Gasteiger partial charge is 0.309 e. The van der Waals surface area contributed by atoms with E-state index in [1.807, 2.05) is 72.8 Å². The van der Waals surface area contributed by atoms with Gasteiger partial charge in [0.25, 0.3) is 0 Å². The third kappa shape index (κ3) is 8.96. The number of allylic oxidation sites excluding steroid dienone is 2. The zero-order valence-electron chi connectivity index (χ0n) is 20.8. The topological polar surface area (TPSA) is 105 Å². The average Bonchev–Trinajstić information content (AvgIpc) is 2.88. The molecule has 2 aromatic rings. The van der Waals surface area contributed by atoms with Crippen LogP contribution in [-0.4, -0.2) is 48.2 Å². The van der Waals surface area contributed by atoms with Crippen LogP contribution in [0.5, 0.6) is 0 Å². The Hall–Kier alpha value is -3.45. The first-order chi connectivity index (χ1) is 17.4. The second-order valence-electron chi connectivity index (χ2n) is 9.41. The van der Waals surface area contributed by atoms with Gasteiger partial charge in [-0.25, -0.2) is 0 Å². The number of rotatable bonds is 8. The molecule has 3 N–H and O–H groups in total. The summed E-state index contributed by atoms with van der Waals surface area (Å²) in [5.74, 6) is -1.72. The highest BCUT2D eigenvalue weighted by Crippen LogP contribution is 2.18. The number of aliphatic hydroxyl groups excluding tert-OH is 1. The number of carbonyl (C=O) groups is 3. The SMILES string of the molecule is C[C@H]1COC(=O)[C@H](Cc2ccccc2)CC=CC[C@H](CC(=O)N[C@H](CO)Cc2ccccc2)C(=O)N1. The van der Waals surface area contributed by atoms with Crippen LogP contribution < -0.4 is 10.6 Å². The molecule has 0 saturated heterocycles. The van der Waals surface area contributed by atoms with E-state index >= 15 is 0 Å². The molecule has 192 valence electrons. The van der Waals surface area contributed by atoms with Crippen LogP contribution in [0.4, 0.5) is 0 Å². The van der Waals surface area contributed by atoms with E-state index in [-0.39, 0.29) is 49.4 Å². The maximum Gasteiger partial charge on any atom is 0.309 e. The summed E-state index contributed by atoms with van der Waals surface area (Å²) < 4.78 is 5.51. The minimum absolute atomic E-state index is 0.00140. The molecular formula is C29H36N2O5. The van der Waals surface area contributed by atoms with E-state index in [4.69, 9.17) is 4.74 Å². The third-order valence-electron chi connectivity index (χ3n) is 6.24. The average molecular weight is 493 g/mol. The van der Waals surface area contributed by atoms with Gasteiger partial charge in [-0.15, -0.1) is 0 Å².